The molecule has 0 bridgehead atoms. The highest BCUT2D eigenvalue weighted by Gasteiger charge is 2.11. The second-order valence-electron chi connectivity index (χ2n) is 3.55. The Morgan fingerprint density at radius 2 is 2.00 bits per heavy atom. The Bertz CT molecular complexity index is 305. The molecule has 1 aromatic heterocycles. The van der Waals surface area contributed by atoms with E-state index in [0.29, 0.717) is 11.7 Å². The first kappa shape index (κ1) is 13.6. The Balaban J connectivity index is 2.69. The van der Waals surface area contributed by atoms with Gasteiger partial charge >= 0.3 is 0 Å². The van der Waals surface area contributed by atoms with Gasteiger partial charge in [-0.2, -0.15) is 4.39 Å². The van der Waals surface area contributed by atoms with E-state index in [1.165, 1.54) is 12.4 Å². The van der Waals surface area contributed by atoms with Crippen molar-refractivity contribution in [2.24, 2.45) is 0 Å². The van der Waals surface area contributed by atoms with Gasteiger partial charge in [0.1, 0.15) is 5.82 Å². The largest absolute Gasteiger partial charge is 0.448 e. The second-order valence-corrected chi connectivity index (χ2v) is 4.53. The molecule has 5 heteroatoms. The molecule has 2 unspecified atom stereocenters. The lowest BCUT2D eigenvalue weighted by molar-refractivity contribution is 0.169. The fourth-order valence-electron chi connectivity index (χ4n) is 1.56. The van der Waals surface area contributed by atoms with E-state index in [-0.39, 0.29) is 0 Å². The van der Waals surface area contributed by atoms with Gasteiger partial charge in [0.2, 0.25) is 0 Å². The molecule has 0 aliphatic heterocycles. The Labute approximate surface area is 109 Å². The van der Waals surface area contributed by atoms with Crippen LogP contribution in [0.15, 0.2) is 12.4 Å². The molecule has 0 aliphatic carbocycles. The summed E-state index contributed by atoms with van der Waals surface area (Å²) in [6.07, 6.45) is 6.28. The SMILES string of the molecule is CCCC(CC)c1ncc(OC(F)I)cn1. The predicted octanol–water partition coefficient (Wildman–Crippen LogP) is 3.84. The van der Waals surface area contributed by atoms with Crippen molar-refractivity contribution in [3.8, 4) is 5.75 Å². The minimum absolute atomic E-state index is 0.372. The zero-order chi connectivity index (χ0) is 12.0. The molecule has 0 aromatic carbocycles. The fourth-order valence-corrected chi connectivity index (χ4v) is 1.86. The summed E-state index contributed by atoms with van der Waals surface area (Å²) < 4.78 is 16.0. The van der Waals surface area contributed by atoms with E-state index in [0.717, 1.165) is 25.1 Å². The van der Waals surface area contributed by atoms with Crippen LogP contribution in [0.5, 0.6) is 5.75 Å². The van der Waals surface area contributed by atoms with Gasteiger partial charge in [-0.15, -0.1) is 0 Å². The molecule has 1 heterocycles. The van der Waals surface area contributed by atoms with E-state index in [9.17, 15) is 4.39 Å². The van der Waals surface area contributed by atoms with Crippen molar-refractivity contribution in [3.05, 3.63) is 18.2 Å². The molecular formula is C11H16FIN2O. The summed E-state index contributed by atoms with van der Waals surface area (Å²) in [5.74, 6) is 1.58. The number of nitrogens with zero attached hydrogens (tertiary/aromatic N) is 2. The minimum atomic E-state index is -1.36. The molecule has 0 saturated heterocycles. The molecule has 16 heavy (non-hydrogen) atoms. The van der Waals surface area contributed by atoms with Crippen molar-refractivity contribution in [1.82, 2.24) is 9.97 Å². The van der Waals surface area contributed by atoms with E-state index in [2.05, 4.69) is 23.8 Å². The minimum Gasteiger partial charge on any atom is -0.448 e. The molecule has 3 nitrogen and oxygen atoms in total. The van der Waals surface area contributed by atoms with Gasteiger partial charge < -0.3 is 4.74 Å². The maximum atomic E-state index is 12.5. The smallest absolute Gasteiger partial charge is 0.288 e. The summed E-state index contributed by atoms with van der Waals surface area (Å²) in [5, 5.41) is 0. The summed E-state index contributed by atoms with van der Waals surface area (Å²) in [5.41, 5.74) is 0. The van der Waals surface area contributed by atoms with Crippen LogP contribution in [0.2, 0.25) is 0 Å². The number of hydrogen-bond donors (Lipinski definition) is 0. The normalized spacial score (nSPS) is 14.5. The first-order valence-corrected chi connectivity index (χ1v) is 6.68. The molecule has 0 radical (unpaired) electrons. The summed E-state index contributed by atoms with van der Waals surface area (Å²) in [4.78, 5) is 8.43. The number of ether oxygens (including phenoxy) is 1. The van der Waals surface area contributed by atoms with Crippen molar-refractivity contribution >= 4 is 22.6 Å². The van der Waals surface area contributed by atoms with E-state index in [4.69, 9.17) is 4.74 Å². The first-order chi connectivity index (χ1) is 7.67. The van der Waals surface area contributed by atoms with Gasteiger partial charge in [0.15, 0.2) is 5.75 Å². The maximum Gasteiger partial charge on any atom is 0.288 e. The third-order valence-corrected chi connectivity index (χ3v) is 2.62. The van der Waals surface area contributed by atoms with Crippen LogP contribution in [0.4, 0.5) is 4.39 Å². The second kappa shape index (κ2) is 6.98. The van der Waals surface area contributed by atoms with Gasteiger partial charge in [-0.1, -0.05) is 20.3 Å². The molecule has 2 atom stereocenters. The standard InChI is InChI=1S/C11H16FIN2O/c1-3-5-8(4-2)10-14-6-9(7-15-10)16-11(12)13/h6-8,11H,3-5H2,1-2H3. The van der Waals surface area contributed by atoms with Gasteiger partial charge in [-0.3, -0.25) is 0 Å². The van der Waals surface area contributed by atoms with Crippen LogP contribution in [0.3, 0.4) is 0 Å². The van der Waals surface area contributed by atoms with Crippen molar-refractivity contribution in [1.29, 1.82) is 0 Å². The highest BCUT2D eigenvalue weighted by Crippen LogP contribution is 2.22. The van der Waals surface area contributed by atoms with E-state index in [1.807, 2.05) is 0 Å². The summed E-state index contributed by atoms with van der Waals surface area (Å²) >= 11 is 1.54. The molecule has 1 rings (SSSR count). The molecule has 0 saturated carbocycles. The van der Waals surface area contributed by atoms with Crippen LogP contribution < -0.4 is 4.74 Å². The third kappa shape index (κ3) is 4.19. The maximum absolute atomic E-state index is 12.5. The predicted molar refractivity (Wildman–Crippen MR) is 69.5 cm³/mol. The fraction of sp³-hybridized carbons (Fsp3) is 0.636. The monoisotopic (exact) mass is 338 g/mol. The van der Waals surface area contributed by atoms with Gasteiger partial charge in [0.05, 0.1) is 12.4 Å². The number of rotatable bonds is 6. The average molecular weight is 338 g/mol. The van der Waals surface area contributed by atoms with Crippen molar-refractivity contribution in [2.45, 2.75) is 43.4 Å². The number of alkyl halides is 2. The van der Waals surface area contributed by atoms with Crippen molar-refractivity contribution in [2.75, 3.05) is 0 Å². The Hall–Kier alpha value is -0.460. The zero-order valence-electron chi connectivity index (χ0n) is 9.49. The van der Waals surface area contributed by atoms with Gasteiger partial charge in [-0.25, -0.2) is 9.97 Å². The number of halogens is 2. The van der Waals surface area contributed by atoms with E-state index < -0.39 is 4.36 Å². The first-order valence-electron chi connectivity index (χ1n) is 5.44. The molecule has 90 valence electrons. The summed E-state index contributed by atoms with van der Waals surface area (Å²) in [7, 11) is 0. The Kier molecular flexibility index (Phi) is 5.94. The average Bonchev–Trinajstić information content (AvgIpc) is 2.26. The number of hydrogen-bond acceptors (Lipinski definition) is 3. The highest BCUT2D eigenvalue weighted by atomic mass is 127. The van der Waals surface area contributed by atoms with Crippen molar-refractivity contribution < 1.29 is 9.13 Å². The van der Waals surface area contributed by atoms with Crippen LogP contribution in [-0.4, -0.2) is 14.3 Å². The van der Waals surface area contributed by atoms with Crippen LogP contribution in [-0.2, 0) is 0 Å². The summed E-state index contributed by atoms with van der Waals surface area (Å²) in [6.45, 7) is 4.26. The van der Waals surface area contributed by atoms with Gasteiger partial charge in [0, 0.05) is 28.5 Å². The number of aromatic nitrogens is 2. The molecule has 0 aliphatic rings. The molecule has 0 spiro atoms. The van der Waals surface area contributed by atoms with Crippen LogP contribution in [0.25, 0.3) is 0 Å². The zero-order valence-corrected chi connectivity index (χ0v) is 11.6. The lowest BCUT2D eigenvalue weighted by Crippen LogP contribution is -2.05. The third-order valence-electron chi connectivity index (χ3n) is 2.37. The lowest BCUT2D eigenvalue weighted by Gasteiger charge is -2.12. The molecule has 0 fully saturated rings. The van der Waals surface area contributed by atoms with Crippen LogP contribution in [0.1, 0.15) is 44.9 Å². The Morgan fingerprint density at radius 1 is 1.38 bits per heavy atom. The quantitative estimate of drug-likeness (QED) is 0.584. The molecule has 0 amide bonds. The topological polar surface area (TPSA) is 35.0 Å². The van der Waals surface area contributed by atoms with Gasteiger partial charge in [0.25, 0.3) is 4.36 Å². The molecule has 0 N–H and O–H groups in total. The van der Waals surface area contributed by atoms with Crippen LogP contribution >= 0.6 is 22.6 Å². The molecule has 1 aromatic rings. The van der Waals surface area contributed by atoms with Crippen LogP contribution in [0, 0.1) is 0 Å². The molecular weight excluding hydrogens is 322 g/mol. The van der Waals surface area contributed by atoms with E-state index in [1.54, 1.807) is 22.6 Å². The summed E-state index contributed by atoms with van der Waals surface area (Å²) in [6, 6.07) is 0. The highest BCUT2D eigenvalue weighted by molar-refractivity contribution is 14.1. The van der Waals surface area contributed by atoms with E-state index >= 15 is 0 Å². The van der Waals surface area contributed by atoms with Gasteiger partial charge in [-0.05, 0) is 12.8 Å². The van der Waals surface area contributed by atoms with Crippen molar-refractivity contribution in [3.63, 3.8) is 0 Å². The lowest BCUT2D eigenvalue weighted by atomic mass is 10.00. The Morgan fingerprint density at radius 3 is 2.44 bits per heavy atom.